The second-order valence-corrected chi connectivity index (χ2v) is 4.04. The van der Waals surface area contributed by atoms with Crippen molar-refractivity contribution in [1.29, 1.82) is 0 Å². The van der Waals surface area contributed by atoms with Crippen molar-refractivity contribution in [3.05, 3.63) is 16.1 Å². The summed E-state index contributed by atoms with van der Waals surface area (Å²) in [6.45, 7) is 1.73. The molecule has 0 aliphatic carbocycles. The summed E-state index contributed by atoms with van der Waals surface area (Å²) in [5, 5.41) is 13.2. The predicted molar refractivity (Wildman–Crippen MR) is 57.4 cm³/mol. The Balaban J connectivity index is 2.62. The van der Waals surface area contributed by atoms with Gasteiger partial charge < -0.3 is 15.2 Å². The molecule has 88 valence electrons. The van der Waals surface area contributed by atoms with E-state index in [0.717, 1.165) is 0 Å². The summed E-state index contributed by atoms with van der Waals surface area (Å²) < 4.78 is 4.86. The molecule has 0 aromatic carbocycles. The maximum absolute atomic E-state index is 11.5. The smallest absolute Gasteiger partial charge is 0.325 e. The molecule has 1 atom stereocenters. The van der Waals surface area contributed by atoms with Crippen LogP contribution in [0.2, 0.25) is 0 Å². The lowest BCUT2D eigenvalue weighted by Gasteiger charge is -2.06. The molecule has 6 nitrogen and oxygen atoms in total. The van der Waals surface area contributed by atoms with Gasteiger partial charge in [-0.05, 0) is 6.92 Å². The monoisotopic (exact) mass is 244 g/mol. The van der Waals surface area contributed by atoms with Gasteiger partial charge in [-0.1, -0.05) is 0 Å². The number of ether oxygens (including phenoxy) is 1. The Labute approximate surface area is 96.3 Å². The molecule has 1 rings (SSSR count). The van der Waals surface area contributed by atoms with Crippen molar-refractivity contribution in [2.75, 3.05) is 7.11 Å². The maximum atomic E-state index is 11.5. The Morgan fingerprint density at radius 1 is 1.69 bits per heavy atom. The zero-order valence-corrected chi connectivity index (χ0v) is 9.71. The second kappa shape index (κ2) is 5.57. The number of hydrogen-bond donors (Lipinski definition) is 2. The average Bonchev–Trinajstić information content (AvgIpc) is 2.66. The van der Waals surface area contributed by atoms with Crippen molar-refractivity contribution in [2.45, 2.75) is 19.6 Å². The molecular formula is C9H12N2O4S. The molecular weight excluding hydrogens is 232 g/mol. The minimum Gasteiger partial charge on any atom is -0.480 e. The third-order valence-electron chi connectivity index (χ3n) is 1.77. The summed E-state index contributed by atoms with van der Waals surface area (Å²) in [5.41, 5.74) is 0.213. The average molecular weight is 244 g/mol. The van der Waals surface area contributed by atoms with E-state index in [1.807, 2.05) is 0 Å². The molecule has 7 heteroatoms. The molecule has 1 amide bonds. The molecule has 1 heterocycles. The summed E-state index contributed by atoms with van der Waals surface area (Å²) in [5.74, 6) is -1.57. The zero-order valence-electron chi connectivity index (χ0n) is 8.89. The topological polar surface area (TPSA) is 88.5 Å². The first kappa shape index (κ1) is 12.6. The van der Waals surface area contributed by atoms with Crippen LogP contribution < -0.4 is 5.32 Å². The number of aromatic nitrogens is 1. The summed E-state index contributed by atoms with van der Waals surface area (Å²) in [6.07, 6.45) is 0. The number of carboxylic acids is 1. The van der Waals surface area contributed by atoms with Gasteiger partial charge in [0.25, 0.3) is 5.91 Å². The van der Waals surface area contributed by atoms with E-state index in [4.69, 9.17) is 9.84 Å². The maximum Gasteiger partial charge on any atom is 0.325 e. The number of nitrogens with zero attached hydrogens (tertiary/aromatic N) is 1. The van der Waals surface area contributed by atoms with Crippen LogP contribution in [0.3, 0.4) is 0 Å². The van der Waals surface area contributed by atoms with Gasteiger partial charge in [0.15, 0.2) is 0 Å². The molecule has 0 unspecified atom stereocenters. The number of carbonyl (C=O) groups excluding carboxylic acids is 1. The van der Waals surface area contributed by atoms with Crippen molar-refractivity contribution >= 4 is 23.2 Å². The number of carboxylic acid groups (broad SMARTS) is 1. The van der Waals surface area contributed by atoms with Gasteiger partial charge in [0.2, 0.25) is 0 Å². The van der Waals surface area contributed by atoms with Gasteiger partial charge >= 0.3 is 5.97 Å². The molecule has 0 radical (unpaired) electrons. The third-order valence-corrected chi connectivity index (χ3v) is 2.59. The van der Waals surface area contributed by atoms with Crippen molar-refractivity contribution in [2.24, 2.45) is 0 Å². The Morgan fingerprint density at radius 2 is 2.38 bits per heavy atom. The van der Waals surface area contributed by atoms with Crippen LogP contribution in [-0.4, -0.2) is 35.1 Å². The van der Waals surface area contributed by atoms with E-state index in [1.165, 1.54) is 25.4 Å². The van der Waals surface area contributed by atoms with Gasteiger partial charge in [-0.15, -0.1) is 11.3 Å². The molecule has 0 bridgehead atoms. The fourth-order valence-corrected chi connectivity index (χ4v) is 1.68. The molecule has 0 aliphatic heterocycles. The molecule has 0 saturated heterocycles. The summed E-state index contributed by atoms with van der Waals surface area (Å²) in [7, 11) is 1.54. The number of rotatable bonds is 5. The number of nitrogens with one attached hydrogen (secondary N) is 1. The lowest BCUT2D eigenvalue weighted by atomic mass is 10.3. The highest BCUT2D eigenvalue weighted by atomic mass is 32.1. The Morgan fingerprint density at radius 3 is 2.94 bits per heavy atom. The van der Waals surface area contributed by atoms with Gasteiger partial charge in [-0.2, -0.15) is 0 Å². The van der Waals surface area contributed by atoms with E-state index in [9.17, 15) is 9.59 Å². The normalized spacial score (nSPS) is 12.1. The molecule has 16 heavy (non-hydrogen) atoms. The molecule has 2 N–H and O–H groups in total. The van der Waals surface area contributed by atoms with Gasteiger partial charge in [0.1, 0.15) is 16.7 Å². The Kier molecular flexibility index (Phi) is 4.39. The lowest BCUT2D eigenvalue weighted by molar-refractivity contribution is -0.138. The largest absolute Gasteiger partial charge is 0.480 e. The van der Waals surface area contributed by atoms with Gasteiger partial charge in [-0.3, -0.25) is 9.59 Å². The molecule has 0 fully saturated rings. The number of thiazole rings is 1. The van der Waals surface area contributed by atoms with Crippen LogP contribution >= 0.6 is 11.3 Å². The zero-order chi connectivity index (χ0) is 12.1. The van der Waals surface area contributed by atoms with E-state index in [2.05, 4.69) is 10.3 Å². The van der Waals surface area contributed by atoms with Crippen LogP contribution in [0.4, 0.5) is 0 Å². The summed E-state index contributed by atoms with van der Waals surface area (Å²) in [6, 6.07) is -0.930. The Hall–Kier alpha value is -1.47. The number of amides is 1. The number of aliphatic carboxylic acids is 1. The van der Waals surface area contributed by atoms with Crippen LogP contribution in [0.15, 0.2) is 5.38 Å². The lowest BCUT2D eigenvalue weighted by Crippen LogP contribution is -2.38. The molecule has 0 aliphatic rings. The van der Waals surface area contributed by atoms with Crippen LogP contribution in [0, 0.1) is 0 Å². The highest BCUT2D eigenvalue weighted by molar-refractivity contribution is 7.09. The van der Waals surface area contributed by atoms with Crippen molar-refractivity contribution in [1.82, 2.24) is 10.3 Å². The highest BCUT2D eigenvalue weighted by Gasteiger charge is 2.17. The molecule has 0 saturated carbocycles. The standard InChI is InChI=1S/C9H12N2O4S/c1-5(9(13)14)10-8(12)6-4-16-7(11-6)3-15-2/h4-5H,3H2,1-2H3,(H,10,12)(H,13,14)/t5-/m0/s1. The van der Waals surface area contributed by atoms with Crippen LogP contribution in [0.25, 0.3) is 0 Å². The minimum atomic E-state index is -1.08. The van der Waals surface area contributed by atoms with E-state index in [-0.39, 0.29) is 5.69 Å². The van der Waals surface area contributed by atoms with Crippen LogP contribution in [0.1, 0.15) is 22.4 Å². The minimum absolute atomic E-state index is 0.213. The van der Waals surface area contributed by atoms with Crippen LogP contribution in [0.5, 0.6) is 0 Å². The van der Waals surface area contributed by atoms with Crippen molar-refractivity contribution in [3.8, 4) is 0 Å². The summed E-state index contributed by atoms with van der Waals surface area (Å²) >= 11 is 1.29. The number of hydrogen-bond acceptors (Lipinski definition) is 5. The van der Waals surface area contributed by atoms with E-state index >= 15 is 0 Å². The first-order chi connectivity index (χ1) is 7.54. The number of methoxy groups -OCH3 is 1. The quantitative estimate of drug-likeness (QED) is 0.787. The van der Waals surface area contributed by atoms with E-state index in [1.54, 1.807) is 5.38 Å². The molecule has 0 spiro atoms. The van der Waals surface area contributed by atoms with Crippen LogP contribution in [-0.2, 0) is 16.1 Å². The van der Waals surface area contributed by atoms with Crippen molar-refractivity contribution < 1.29 is 19.4 Å². The summed E-state index contributed by atoms with van der Waals surface area (Å²) in [4.78, 5) is 26.0. The fraction of sp³-hybridized carbons (Fsp3) is 0.444. The fourth-order valence-electron chi connectivity index (χ4n) is 0.937. The van der Waals surface area contributed by atoms with Crippen molar-refractivity contribution in [3.63, 3.8) is 0 Å². The molecule has 1 aromatic heterocycles. The van der Waals surface area contributed by atoms with E-state index in [0.29, 0.717) is 11.6 Å². The van der Waals surface area contributed by atoms with Gasteiger partial charge in [0.05, 0.1) is 6.61 Å². The van der Waals surface area contributed by atoms with Gasteiger partial charge in [0, 0.05) is 12.5 Å². The second-order valence-electron chi connectivity index (χ2n) is 3.09. The number of carbonyl (C=O) groups is 2. The Bertz CT molecular complexity index is 391. The highest BCUT2D eigenvalue weighted by Crippen LogP contribution is 2.10. The first-order valence-electron chi connectivity index (χ1n) is 4.51. The first-order valence-corrected chi connectivity index (χ1v) is 5.39. The SMILES string of the molecule is COCc1nc(C(=O)N[C@@H](C)C(=O)O)cs1. The molecule has 1 aromatic rings. The predicted octanol–water partition coefficient (Wildman–Crippen LogP) is 0.492. The van der Waals surface area contributed by atoms with Gasteiger partial charge in [-0.25, -0.2) is 4.98 Å². The van der Waals surface area contributed by atoms with E-state index < -0.39 is 17.9 Å². The third kappa shape index (κ3) is 3.28.